The molecule has 1 atom stereocenters. The maximum Gasteiger partial charge on any atom is 0.326 e. The van der Waals surface area contributed by atoms with Crippen LogP contribution < -0.4 is 5.32 Å². The van der Waals surface area contributed by atoms with E-state index in [2.05, 4.69) is 5.32 Å². The first-order valence-corrected chi connectivity index (χ1v) is 10.7. The summed E-state index contributed by atoms with van der Waals surface area (Å²) in [5.74, 6) is -0.694. The van der Waals surface area contributed by atoms with Crippen LogP contribution in [-0.2, 0) is 32.2 Å². The Bertz CT molecular complexity index is 796. The molecule has 2 aromatic rings. The molecule has 1 unspecified atom stereocenters. The van der Waals surface area contributed by atoms with Gasteiger partial charge in [-0.1, -0.05) is 74.5 Å². The summed E-state index contributed by atoms with van der Waals surface area (Å²) < 4.78 is 5.30. The fourth-order valence-corrected chi connectivity index (χ4v) is 3.04. The van der Waals surface area contributed by atoms with Gasteiger partial charge >= 0.3 is 5.97 Å². The number of benzene rings is 2. The van der Waals surface area contributed by atoms with Crippen LogP contribution in [0.25, 0.3) is 0 Å². The van der Waals surface area contributed by atoms with Gasteiger partial charge in [-0.05, 0) is 30.4 Å². The summed E-state index contributed by atoms with van der Waals surface area (Å²) in [6.07, 6.45) is 0.165. The lowest BCUT2D eigenvalue weighted by molar-refractivity contribution is -0.159. The van der Waals surface area contributed by atoms with E-state index >= 15 is 0 Å². The van der Waals surface area contributed by atoms with Crippen molar-refractivity contribution in [3.05, 3.63) is 71.8 Å². The Morgan fingerprint density at radius 1 is 0.871 bits per heavy atom. The molecule has 0 aliphatic heterocycles. The van der Waals surface area contributed by atoms with E-state index in [-0.39, 0.29) is 18.4 Å². The molecular formula is C25H32N2O4. The summed E-state index contributed by atoms with van der Waals surface area (Å²) in [7, 11) is 0. The van der Waals surface area contributed by atoms with Gasteiger partial charge in [-0.2, -0.15) is 0 Å². The van der Waals surface area contributed by atoms with Crippen LogP contribution in [0.3, 0.4) is 0 Å². The molecular weight excluding hydrogens is 392 g/mol. The van der Waals surface area contributed by atoms with Gasteiger partial charge in [0, 0.05) is 19.5 Å². The SMILES string of the molecule is CC(C)CCC(=O)NCC(=O)OC(C)C(=O)N(Cc1ccccc1)Cc1ccccc1. The number of nitrogens with zero attached hydrogens (tertiary/aromatic N) is 1. The van der Waals surface area contributed by atoms with Gasteiger partial charge in [-0.25, -0.2) is 0 Å². The van der Waals surface area contributed by atoms with E-state index in [1.165, 1.54) is 0 Å². The molecule has 0 heterocycles. The van der Waals surface area contributed by atoms with E-state index in [0.717, 1.165) is 17.5 Å². The molecule has 1 N–H and O–H groups in total. The molecule has 6 nitrogen and oxygen atoms in total. The summed E-state index contributed by atoms with van der Waals surface area (Å²) in [4.78, 5) is 38.7. The minimum absolute atomic E-state index is 0.195. The van der Waals surface area contributed by atoms with E-state index in [1.807, 2.05) is 74.5 Å². The molecule has 2 rings (SSSR count). The normalized spacial score (nSPS) is 11.6. The summed E-state index contributed by atoms with van der Waals surface area (Å²) in [6.45, 7) is 6.19. The topological polar surface area (TPSA) is 75.7 Å². The molecule has 166 valence electrons. The maximum atomic E-state index is 13.1. The van der Waals surface area contributed by atoms with Crippen molar-refractivity contribution in [2.75, 3.05) is 6.54 Å². The zero-order valence-electron chi connectivity index (χ0n) is 18.5. The van der Waals surface area contributed by atoms with Gasteiger partial charge in [0.05, 0.1) is 0 Å². The molecule has 0 aliphatic carbocycles. The first-order chi connectivity index (χ1) is 14.8. The molecule has 0 radical (unpaired) electrons. The van der Waals surface area contributed by atoms with E-state index in [0.29, 0.717) is 25.4 Å². The van der Waals surface area contributed by atoms with Gasteiger partial charge in [0.1, 0.15) is 6.54 Å². The second kappa shape index (κ2) is 12.5. The zero-order valence-corrected chi connectivity index (χ0v) is 18.5. The van der Waals surface area contributed by atoms with Crippen LogP contribution >= 0.6 is 0 Å². The number of rotatable bonds is 11. The average molecular weight is 425 g/mol. The number of esters is 1. The summed E-state index contributed by atoms with van der Waals surface area (Å²) in [5, 5.41) is 2.55. The molecule has 0 bridgehead atoms. The fourth-order valence-electron chi connectivity index (χ4n) is 3.04. The zero-order chi connectivity index (χ0) is 22.6. The highest BCUT2D eigenvalue weighted by Crippen LogP contribution is 2.13. The van der Waals surface area contributed by atoms with Crippen LogP contribution in [0.2, 0.25) is 0 Å². The third-order valence-corrected chi connectivity index (χ3v) is 4.78. The lowest BCUT2D eigenvalue weighted by Gasteiger charge is -2.26. The van der Waals surface area contributed by atoms with E-state index in [1.54, 1.807) is 11.8 Å². The fraction of sp³-hybridized carbons (Fsp3) is 0.400. The molecule has 0 aliphatic rings. The minimum Gasteiger partial charge on any atom is -0.451 e. The Hall–Kier alpha value is -3.15. The molecule has 0 fully saturated rings. The lowest BCUT2D eigenvalue weighted by atomic mass is 10.1. The third kappa shape index (κ3) is 9.03. The molecule has 0 saturated carbocycles. The smallest absolute Gasteiger partial charge is 0.326 e. The molecule has 6 heteroatoms. The second-order valence-corrected chi connectivity index (χ2v) is 8.01. The largest absolute Gasteiger partial charge is 0.451 e. The predicted octanol–water partition coefficient (Wildman–Crippen LogP) is 3.70. The van der Waals surface area contributed by atoms with Crippen molar-refractivity contribution >= 4 is 17.8 Å². The van der Waals surface area contributed by atoms with Gasteiger partial charge in [0.25, 0.3) is 5.91 Å². The van der Waals surface area contributed by atoms with E-state index in [4.69, 9.17) is 4.74 Å². The number of ether oxygens (including phenoxy) is 1. The van der Waals surface area contributed by atoms with Crippen molar-refractivity contribution < 1.29 is 19.1 Å². The molecule has 31 heavy (non-hydrogen) atoms. The van der Waals surface area contributed by atoms with Crippen molar-refractivity contribution in [2.24, 2.45) is 5.92 Å². The van der Waals surface area contributed by atoms with Crippen molar-refractivity contribution in [3.63, 3.8) is 0 Å². The lowest BCUT2D eigenvalue weighted by Crippen LogP contribution is -2.41. The van der Waals surface area contributed by atoms with Crippen LogP contribution in [0.5, 0.6) is 0 Å². The van der Waals surface area contributed by atoms with Gasteiger partial charge in [-0.3, -0.25) is 14.4 Å². The average Bonchev–Trinajstić information content (AvgIpc) is 2.76. The number of carbonyl (C=O) groups is 3. The first kappa shape index (κ1) is 24.1. The highest BCUT2D eigenvalue weighted by atomic mass is 16.5. The van der Waals surface area contributed by atoms with Crippen LogP contribution in [0.1, 0.15) is 44.7 Å². The van der Waals surface area contributed by atoms with E-state index in [9.17, 15) is 14.4 Å². The van der Waals surface area contributed by atoms with Crippen LogP contribution in [0.15, 0.2) is 60.7 Å². The highest BCUT2D eigenvalue weighted by Gasteiger charge is 2.24. The molecule has 2 amide bonds. The number of hydrogen-bond acceptors (Lipinski definition) is 4. The Kier molecular flexibility index (Phi) is 9.75. The quantitative estimate of drug-likeness (QED) is 0.558. The second-order valence-electron chi connectivity index (χ2n) is 8.01. The number of nitrogens with one attached hydrogen (secondary N) is 1. The van der Waals surface area contributed by atoms with Gasteiger partial charge in [0.15, 0.2) is 6.10 Å². The summed E-state index contributed by atoms with van der Waals surface area (Å²) in [6, 6.07) is 19.3. The number of carbonyl (C=O) groups excluding carboxylic acids is 3. The van der Waals surface area contributed by atoms with E-state index < -0.39 is 12.1 Å². The minimum atomic E-state index is -0.951. The predicted molar refractivity (Wildman–Crippen MR) is 120 cm³/mol. The van der Waals surface area contributed by atoms with Crippen LogP contribution in [-0.4, -0.2) is 35.3 Å². The van der Waals surface area contributed by atoms with Crippen LogP contribution in [0, 0.1) is 5.92 Å². The van der Waals surface area contributed by atoms with Crippen molar-refractivity contribution in [3.8, 4) is 0 Å². The molecule has 0 spiro atoms. The Morgan fingerprint density at radius 3 is 1.87 bits per heavy atom. The van der Waals surface area contributed by atoms with Gasteiger partial charge in [0.2, 0.25) is 5.91 Å². The molecule has 0 aromatic heterocycles. The standard InChI is InChI=1S/C25H32N2O4/c1-19(2)14-15-23(28)26-16-24(29)31-20(3)25(30)27(17-21-10-6-4-7-11-21)18-22-12-8-5-9-13-22/h4-13,19-20H,14-18H2,1-3H3,(H,26,28). The van der Waals surface area contributed by atoms with Crippen molar-refractivity contribution in [1.29, 1.82) is 0 Å². The first-order valence-electron chi connectivity index (χ1n) is 10.7. The highest BCUT2D eigenvalue weighted by molar-refractivity contribution is 5.85. The summed E-state index contributed by atoms with van der Waals surface area (Å²) >= 11 is 0. The monoisotopic (exact) mass is 424 g/mol. The Labute approximate surface area is 184 Å². The Balaban J connectivity index is 1.95. The van der Waals surface area contributed by atoms with Crippen molar-refractivity contribution in [1.82, 2.24) is 10.2 Å². The van der Waals surface area contributed by atoms with Gasteiger partial charge in [-0.15, -0.1) is 0 Å². The van der Waals surface area contributed by atoms with Crippen molar-refractivity contribution in [2.45, 2.75) is 52.8 Å². The number of amides is 2. The maximum absolute atomic E-state index is 13.1. The van der Waals surface area contributed by atoms with Crippen LogP contribution in [0.4, 0.5) is 0 Å². The number of hydrogen-bond donors (Lipinski definition) is 1. The van der Waals surface area contributed by atoms with Gasteiger partial charge < -0.3 is 15.0 Å². The summed E-state index contributed by atoms with van der Waals surface area (Å²) in [5.41, 5.74) is 1.98. The molecule has 0 saturated heterocycles. The molecule has 2 aromatic carbocycles. The Morgan fingerprint density at radius 2 is 1.39 bits per heavy atom. The third-order valence-electron chi connectivity index (χ3n) is 4.78.